The number of nitrogens with zero attached hydrogens (tertiary/aromatic N) is 1. The highest BCUT2D eigenvalue weighted by Crippen LogP contribution is 2.40. The lowest BCUT2D eigenvalue weighted by molar-refractivity contribution is 0.0642. The summed E-state index contributed by atoms with van der Waals surface area (Å²) in [7, 11) is 0. The van der Waals surface area contributed by atoms with Crippen LogP contribution >= 0.6 is 0 Å². The molecule has 1 N–H and O–H groups in total. The lowest BCUT2D eigenvalue weighted by atomic mass is 9.89. The van der Waals surface area contributed by atoms with Crippen LogP contribution in [0.2, 0.25) is 0 Å². The number of hydrogen-bond acceptors (Lipinski definition) is 2. The first-order chi connectivity index (χ1) is 7.40. The van der Waals surface area contributed by atoms with Gasteiger partial charge in [-0.1, -0.05) is 6.92 Å². The van der Waals surface area contributed by atoms with Crippen molar-refractivity contribution in [3.05, 3.63) is 0 Å². The molecular formula is C13H24N2. The lowest BCUT2D eigenvalue weighted by Crippen LogP contribution is -2.51. The van der Waals surface area contributed by atoms with Gasteiger partial charge in [0, 0.05) is 18.6 Å². The number of hydrogen-bond donors (Lipinski definition) is 1. The van der Waals surface area contributed by atoms with Crippen LogP contribution in [-0.2, 0) is 0 Å². The molecule has 0 bridgehead atoms. The monoisotopic (exact) mass is 208 g/mol. The topological polar surface area (TPSA) is 15.3 Å². The van der Waals surface area contributed by atoms with Gasteiger partial charge in [-0.3, -0.25) is 4.90 Å². The molecule has 2 heterocycles. The molecule has 0 amide bonds. The number of piperidine rings is 1. The average molecular weight is 208 g/mol. The first kappa shape index (κ1) is 10.1. The fourth-order valence-electron chi connectivity index (χ4n) is 3.84. The summed E-state index contributed by atoms with van der Waals surface area (Å²) in [4.78, 5) is 2.87. The van der Waals surface area contributed by atoms with Gasteiger partial charge in [0.15, 0.2) is 0 Å². The second-order valence-electron chi connectivity index (χ2n) is 5.68. The standard InChI is InChI=1S/C13H24N2/c1-2-12(10-5-6-10)15-7-3-4-11-8-14-9-13(11)15/h10-14H,2-9H2,1H3. The van der Waals surface area contributed by atoms with Crippen LogP contribution in [0.5, 0.6) is 0 Å². The van der Waals surface area contributed by atoms with E-state index < -0.39 is 0 Å². The molecular weight excluding hydrogens is 184 g/mol. The van der Waals surface area contributed by atoms with E-state index in [0.717, 1.165) is 23.9 Å². The third-order valence-electron chi connectivity index (χ3n) is 4.73. The van der Waals surface area contributed by atoms with Crippen molar-refractivity contribution in [3.8, 4) is 0 Å². The van der Waals surface area contributed by atoms with Gasteiger partial charge >= 0.3 is 0 Å². The zero-order chi connectivity index (χ0) is 10.3. The van der Waals surface area contributed by atoms with Crippen molar-refractivity contribution in [2.45, 2.75) is 51.1 Å². The highest BCUT2D eigenvalue weighted by molar-refractivity contribution is 4.98. The Morgan fingerprint density at radius 3 is 2.87 bits per heavy atom. The summed E-state index contributed by atoms with van der Waals surface area (Å²) < 4.78 is 0. The fourth-order valence-corrected chi connectivity index (χ4v) is 3.84. The Hall–Kier alpha value is -0.0800. The summed E-state index contributed by atoms with van der Waals surface area (Å²) in [5.41, 5.74) is 0. The van der Waals surface area contributed by atoms with E-state index in [1.54, 1.807) is 0 Å². The summed E-state index contributed by atoms with van der Waals surface area (Å²) in [6.45, 7) is 6.29. The average Bonchev–Trinajstić information content (AvgIpc) is 2.97. The molecule has 1 aliphatic carbocycles. The summed E-state index contributed by atoms with van der Waals surface area (Å²) in [5.74, 6) is 2.01. The van der Waals surface area contributed by atoms with Crippen molar-refractivity contribution >= 4 is 0 Å². The molecule has 2 aliphatic heterocycles. The van der Waals surface area contributed by atoms with Crippen LogP contribution in [0.25, 0.3) is 0 Å². The number of rotatable bonds is 3. The van der Waals surface area contributed by atoms with Crippen LogP contribution in [0, 0.1) is 11.8 Å². The molecule has 0 aromatic carbocycles. The van der Waals surface area contributed by atoms with Gasteiger partial charge in [-0.2, -0.15) is 0 Å². The van der Waals surface area contributed by atoms with Crippen molar-refractivity contribution in [1.29, 1.82) is 0 Å². The second-order valence-corrected chi connectivity index (χ2v) is 5.68. The van der Waals surface area contributed by atoms with E-state index in [2.05, 4.69) is 17.1 Å². The largest absolute Gasteiger partial charge is 0.315 e. The molecule has 86 valence electrons. The van der Waals surface area contributed by atoms with Crippen molar-refractivity contribution in [2.24, 2.45) is 11.8 Å². The molecule has 15 heavy (non-hydrogen) atoms. The van der Waals surface area contributed by atoms with Crippen LogP contribution in [-0.4, -0.2) is 36.6 Å². The van der Waals surface area contributed by atoms with Gasteiger partial charge in [0.1, 0.15) is 0 Å². The van der Waals surface area contributed by atoms with Gasteiger partial charge in [-0.05, 0) is 57.0 Å². The quantitative estimate of drug-likeness (QED) is 0.761. The highest BCUT2D eigenvalue weighted by atomic mass is 15.2. The van der Waals surface area contributed by atoms with Gasteiger partial charge in [0.2, 0.25) is 0 Å². The van der Waals surface area contributed by atoms with Gasteiger partial charge in [-0.15, -0.1) is 0 Å². The van der Waals surface area contributed by atoms with E-state index in [-0.39, 0.29) is 0 Å². The van der Waals surface area contributed by atoms with Gasteiger partial charge in [0.25, 0.3) is 0 Å². The predicted octanol–water partition coefficient (Wildman–Crippen LogP) is 1.86. The number of likely N-dealkylation sites (tertiary alicyclic amines) is 1. The van der Waals surface area contributed by atoms with Crippen LogP contribution < -0.4 is 5.32 Å². The molecule has 0 spiro atoms. The van der Waals surface area contributed by atoms with E-state index in [4.69, 9.17) is 0 Å². The molecule has 2 nitrogen and oxygen atoms in total. The van der Waals surface area contributed by atoms with Crippen molar-refractivity contribution < 1.29 is 0 Å². The van der Waals surface area contributed by atoms with Gasteiger partial charge < -0.3 is 5.32 Å². The molecule has 2 heteroatoms. The summed E-state index contributed by atoms with van der Waals surface area (Å²) in [6, 6.07) is 1.79. The summed E-state index contributed by atoms with van der Waals surface area (Å²) >= 11 is 0. The van der Waals surface area contributed by atoms with E-state index in [9.17, 15) is 0 Å². The van der Waals surface area contributed by atoms with Crippen LogP contribution in [0.3, 0.4) is 0 Å². The van der Waals surface area contributed by atoms with E-state index in [0.29, 0.717) is 0 Å². The molecule has 3 atom stereocenters. The lowest BCUT2D eigenvalue weighted by Gasteiger charge is -2.42. The Morgan fingerprint density at radius 1 is 1.27 bits per heavy atom. The van der Waals surface area contributed by atoms with Crippen LogP contribution in [0.15, 0.2) is 0 Å². The maximum Gasteiger partial charge on any atom is 0.0264 e. The third-order valence-corrected chi connectivity index (χ3v) is 4.73. The zero-order valence-electron chi connectivity index (χ0n) is 9.91. The molecule has 3 rings (SSSR count). The Labute approximate surface area is 93.4 Å². The van der Waals surface area contributed by atoms with Gasteiger partial charge in [0.05, 0.1) is 0 Å². The van der Waals surface area contributed by atoms with E-state index >= 15 is 0 Å². The van der Waals surface area contributed by atoms with Crippen molar-refractivity contribution in [2.75, 3.05) is 19.6 Å². The summed E-state index contributed by atoms with van der Waals surface area (Å²) in [6.07, 6.45) is 7.27. The number of nitrogens with one attached hydrogen (secondary N) is 1. The molecule has 3 fully saturated rings. The Bertz CT molecular complexity index is 223. The van der Waals surface area contributed by atoms with E-state index in [1.165, 1.54) is 51.7 Å². The van der Waals surface area contributed by atoms with Crippen molar-refractivity contribution in [3.63, 3.8) is 0 Å². The molecule has 3 unspecified atom stereocenters. The minimum atomic E-state index is 0.879. The molecule has 0 aromatic heterocycles. The highest BCUT2D eigenvalue weighted by Gasteiger charge is 2.42. The maximum absolute atomic E-state index is 3.59. The molecule has 0 radical (unpaired) electrons. The first-order valence-electron chi connectivity index (χ1n) is 6.86. The smallest absolute Gasteiger partial charge is 0.0264 e. The minimum Gasteiger partial charge on any atom is -0.315 e. The SMILES string of the molecule is CCC(C1CC1)N1CCCC2CNCC21. The van der Waals surface area contributed by atoms with Gasteiger partial charge in [-0.25, -0.2) is 0 Å². The predicted molar refractivity (Wildman–Crippen MR) is 62.9 cm³/mol. The number of fused-ring (bicyclic) bond motifs is 1. The van der Waals surface area contributed by atoms with Crippen molar-refractivity contribution in [1.82, 2.24) is 10.2 Å². The summed E-state index contributed by atoms with van der Waals surface area (Å²) in [5, 5.41) is 3.59. The maximum atomic E-state index is 3.59. The molecule has 2 saturated heterocycles. The van der Waals surface area contributed by atoms with E-state index in [1.807, 2.05) is 0 Å². The second kappa shape index (κ2) is 4.06. The Morgan fingerprint density at radius 2 is 2.13 bits per heavy atom. The van der Waals surface area contributed by atoms with Crippen LogP contribution in [0.1, 0.15) is 39.0 Å². The Balaban J connectivity index is 1.71. The normalized spacial score (nSPS) is 39.0. The Kier molecular flexibility index (Phi) is 2.73. The first-order valence-corrected chi connectivity index (χ1v) is 6.86. The molecule has 3 aliphatic rings. The minimum absolute atomic E-state index is 0.879. The fraction of sp³-hybridized carbons (Fsp3) is 1.00. The zero-order valence-corrected chi connectivity index (χ0v) is 9.91. The van der Waals surface area contributed by atoms with Crippen LogP contribution in [0.4, 0.5) is 0 Å². The molecule has 1 saturated carbocycles. The third kappa shape index (κ3) is 1.83. The molecule has 0 aromatic rings.